The Balaban J connectivity index is 1.96. The first-order valence-corrected chi connectivity index (χ1v) is 6.23. The van der Waals surface area contributed by atoms with Crippen molar-refractivity contribution in [2.75, 3.05) is 25.0 Å². The van der Waals surface area contributed by atoms with Gasteiger partial charge in [0.15, 0.2) is 5.11 Å². The minimum Gasteiger partial charge on any atom is -0.372 e. The van der Waals surface area contributed by atoms with Crippen LogP contribution in [0, 0.1) is 0 Å². The van der Waals surface area contributed by atoms with Gasteiger partial charge in [0.25, 0.3) is 0 Å². The largest absolute Gasteiger partial charge is 0.372 e. The molecule has 1 aromatic carbocycles. The third-order valence-electron chi connectivity index (χ3n) is 2.74. The monoisotopic (exact) mass is 250 g/mol. The molecule has 0 radical (unpaired) electrons. The first kappa shape index (κ1) is 12.3. The van der Waals surface area contributed by atoms with Gasteiger partial charge in [-0.2, -0.15) is 0 Å². The van der Waals surface area contributed by atoms with E-state index in [-0.39, 0.29) is 5.60 Å². The zero-order chi connectivity index (χ0) is 12.3. The number of ether oxygens (including phenoxy) is 1. The number of hydrogen-bond donors (Lipinski definition) is 1. The molecule has 1 aromatic rings. The number of thiocarbonyl (C=S) groups is 1. The molecule has 1 fully saturated rings. The molecule has 2 rings (SSSR count). The topological polar surface area (TPSA) is 24.5 Å². The number of rotatable bonds is 1. The molecule has 1 saturated heterocycles. The second kappa shape index (κ2) is 5.02. The number of hydrogen-bond acceptors (Lipinski definition) is 2. The minimum absolute atomic E-state index is 0.124. The highest BCUT2D eigenvalue weighted by Crippen LogP contribution is 2.17. The Kier molecular flexibility index (Phi) is 3.64. The lowest BCUT2D eigenvalue weighted by atomic mass is 10.1. The number of benzene rings is 1. The van der Waals surface area contributed by atoms with Crippen molar-refractivity contribution in [3.05, 3.63) is 30.3 Å². The van der Waals surface area contributed by atoms with Gasteiger partial charge in [-0.1, -0.05) is 18.2 Å². The third-order valence-corrected chi connectivity index (χ3v) is 3.10. The van der Waals surface area contributed by atoms with Crippen LogP contribution in [0.1, 0.15) is 13.8 Å². The molecule has 0 spiro atoms. The standard InChI is InChI=1S/C13H18N2OS/c1-13(2)10-15(8-9-16-13)12(17)14-11-6-4-3-5-7-11/h3-7H,8-10H2,1-2H3,(H,14,17). The summed E-state index contributed by atoms with van der Waals surface area (Å²) in [6.45, 7) is 6.58. The zero-order valence-electron chi connectivity index (χ0n) is 10.3. The van der Waals surface area contributed by atoms with Crippen LogP contribution in [-0.4, -0.2) is 35.3 Å². The fourth-order valence-electron chi connectivity index (χ4n) is 1.91. The summed E-state index contributed by atoms with van der Waals surface area (Å²) in [6, 6.07) is 10.0. The van der Waals surface area contributed by atoms with E-state index in [0.717, 1.165) is 30.5 Å². The van der Waals surface area contributed by atoms with Gasteiger partial charge in [0.2, 0.25) is 0 Å². The fourth-order valence-corrected chi connectivity index (χ4v) is 2.19. The number of nitrogens with zero attached hydrogens (tertiary/aromatic N) is 1. The Labute approximate surface area is 108 Å². The molecule has 0 amide bonds. The molecule has 0 aromatic heterocycles. The number of nitrogens with one attached hydrogen (secondary N) is 1. The normalized spacial score (nSPS) is 18.8. The first-order chi connectivity index (χ1) is 8.07. The molecule has 1 N–H and O–H groups in total. The summed E-state index contributed by atoms with van der Waals surface area (Å²) >= 11 is 5.42. The maximum atomic E-state index is 5.67. The molecule has 0 saturated carbocycles. The van der Waals surface area contributed by atoms with E-state index in [9.17, 15) is 0 Å². The van der Waals surface area contributed by atoms with Crippen LogP contribution in [-0.2, 0) is 4.74 Å². The fraction of sp³-hybridized carbons (Fsp3) is 0.462. The maximum Gasteiger partial charge on any atom is 0.173 e. The minimum atomic E-state index is -0.124. The van der Waals surface area contributed by atoms with E-state index in [0.29, 0.717) is 0 Å². The molecule has 1 aliphatic heterocycles. The summed E-state index contributed by atoms with van der Waals surface area (Å²) < 4.78 is 5.67. The average molecular weight is 250 g/mol. The Hall–Kier alpha value is -1.13. The van der Waals surface area contributed by atoms with Crippen molar-refractivity contribution < 1.29 is 4.74 Å². The van der Waals surface area contributed by atoms with Gasteiger partial charge < -0.3 is 15.0 Å². The van der Waals surface area contributed by atoms with E-state index in [1.165, 1.54) is 0 Å². The Morgan fingerprint density at radius 3 is 2.71 bits per heavy atom. The molecule has 0 atom stereocenters. The Morgan fingerprint density at radius 2 is 2.06 bits per heavy atom. The molecule has 0 aliphatic carbocycles. The van der Waals surface area contributed by atoms with Crippen LogP contribution >= 0.6 is 12.2 Å². The highest BCUT2D eigenvalue weighted by Gasteiger charge is 2.28. The quantitative estimate of drug-likeness (QED) is 0.774. The molecule has 3 nitrogen and oxygen atoms in total. The third kappa shape index (κ3) is 3.41. The van der Waals surface area contributed by atoms with Crippen LogP contribution in [0.3, 0.4) is 0 Å². The van der Waals surface area contributed by atoms with Gasteiger partial charge in [0, 0.05) is 18.8 Å². The van der Waals surface area contributed by atoms with Crippen molar-refractivity contribution in [3.8, 4) is 0 Å². The van der Waals surface area contributed by atoms with Gasteiger partial charge in [0.05, 0.1) is 12.2 Å². The Morgan fingerprint density at radius 1 is 1.35 bits per heavy atom. The second-order valence-electron chi connectivity index (χ2n) is 4.83. The molecular formula is C13H18N2OS. The summed E-state index contributed by atoms with van der Waals surface area (Å²) in [7, 11) is 0. The highest BCUT2D eigenvalue weighted by atomic mass is 32.1. The van der Waals surface area contributed by atoms with E-state index in [4.69, 9.17) is 17.0 Å². The number of anilines is 1. The van der Waals surface area contributed by atoms with Gasteiger partial charge in [-0.05, 0) is 38.2 Å². The van der Waals surface area contributed by atoms with Gasteiger partial charge in [0.1, 0.15) is 0 Å². The molecule has 0 unspecified atom stereocenters. The first-order valence-electron chi connectivity index (χ1n) is 5.82. The molecular weight excluding hydrogens is 232 g/mol. The molecule has 17 heavy (non-hydrogen) atoms. The lowest BCUT2D eigenvalue weighted by Gasteiger charge is -2.39. The van der Waals surface area contributed by atoms with E-state index in [1.807, 2.05) is 30.3 Å². The number of morpholine rings is 1. The maximum absolute atomic E-state index is 5.67. The van der Waals surface area contributed by atoms with Gasteiger partial charge in [-0.25, -0.2) is 0 Å². The summed E-state index contributed by atoms with van der Waals surface area (Å²) in [5.41, 5.74) is 0.905. The van der Waals surface area contributed by atoms with Crippen molar-refractivity contribution in [3.63, 3.8) is 0 Å². The van der Waals surface area contributed by atoms with Crippen LogP contribution < -0.4 is 5.32 Å². The lowest BCUT2D eigenvalue weighted by Crippen LogP contribution is -2.51. The second-order valence-corrected chi connectivity index (χ2v) is 5.21. The van der Waals surface area contributed by atoms with Crippen molar-refractivity contribution >= 4 is 23.0 Å². The van der Waals surface area contributed by atoms with Crippen molar-refractivity contribution in [2.45, 2.75) is 19.4 Å². The molecule has 1 aliphatic rings. The molecule has 92 valence electrons. The van der Waals surface area contributed by atoms with Crippen LogP contribution in [0.5, 0.6) is 0 Å². The summed E-state index contributed by atoms with van der Waals surface area (Å²) in [6.07, 6.45) is 0. The Bertz CT molecular complexity index is 392. The van der Waals surface area contributed by atoms with E-state index < -0.39 is 0 Å². The highest BCUT2D eigenvalue weighted by molar-refractivity contribution is 7.80. The zero-order valence-corrected chi connectivity index (χ0v) is 11.1. The van der Waals surface area contributed by atoms with Crippen molar-refractivity contribution in [1.82, 2.24) is 4.90 Å². The number of para-hydroxylation sites is 1. The van der Waals surface area contributed by atoms with E-state index in [1.54, 1.807) is 0 Å². The van der Waals surface area contributed by atoms with Gasteiger partial charge in [-0.15, -0.1) is 0 Å². The van der Waals surface area contributed by atoms with Crippen molar-refractivity contribution in [1.29, 1.82) is 0 Å². The molecule has 0 bridgehead atoms. The smallest absolute Gasteiger partial charge is 0.173 e. The molecule has 4 heteroatoms. The summed E-state index contributed by atoms with van der Waals surface area (Å²) in [5.74, 6) is 0. The van der Waals surface area contributed by atoms with Crippen molar-refractivity contribution in [2.24, 2.45) is 0 Å². The summed E-state index contributed by atoms with van der Waals surface area (Å²) in [5, 5.41) is 4.02. The van der Waals surface area contributed by atoms with E-state index in [2.05, 4.69) is 24.1 Å². The van der Waals surface area contributed by atoms with Crippen LogP contribution in [0.4, 0.5) is 5.69 Å². The van der Waals surface area contributed by atoms with Crippen LogP contribution in [0.2, 0.25) is 0 Å². The predicted molar refractivity (Wildman–Crippen MR) is 74.3 cm³/mol. The van der Waals surface area contributed by atoms with Gasteiger partial charge in [-0.3, -0.25) is 0 Å². The van der Waals surface area contributed by atoms with E-state index >= 15 is 0 Å². The predicted octanol–water partition coefficient (Wildman–Crippen LogP) is 2.49. The molecule has 1 heterocycles. The van der Waals surface area contributed by atoms with Crippen LogP contribution in [0.15, 0.2) is 30.3 Å². The van der Waals surface area contributed by atoms with Gasteiger partial charge >= 0.3 is 0 Å². The summed E-state index contributed by atoms with van der Waals surface area (Å²) in [4.78, 5) is 2.16. The SMILES string of the molecule is CC1(C)CN(C(=S)Nc2ccccc2)CCO1. The van der Waals surface area contributed by atoms with Crippen LogP contribution in [0.25, 0.3) is 0 Å². The lowest BCUT2D eigenvalue weighted by molar-refractivity contribution is -0.0671. The average Bonchev–Trinajstić information content (AvgIpc) is 2.29.